The molecular formula is C36H68P2Pd. The number of hydrogen-bond donors (Lipinski definition) is 0. The van der Waals surface area contributed by atoms with E-state index >= 15 is 0 Å². The Balaban J connectivity index is 0.000000176. The second-order valence-electron chi connectivity index (χ2n) is 14.6. The summed E-state index contributed by atoms with van der Waals surface area (Å²) in [6.07, 6.45) is 47.2. The monoisotopic (exact) mass is 668 g/mol. The van der Waals surface area contributed by atoms with Gasteiger partial charge in [0.1, 0.15) is 0 Å². The quantitative estimate of drug-likeness (QED) is 0.195. The van der Waals surface area contributed by atoms with Crippen molar-refractivity contribution >= 4 is 15.8 Å². The van der Waals surface area contributed by atoms with E-state index in [1.807, 2.05) is 0 Å². The van der Waals surface area contributed by atoms with Gasteiger partial charge in [0.05, 0.1) is 0 Å². The fraction of sp³-hybridized carbons (Fsp3) is 1.00. The van der Waals surface area contributed by atoms with E-state index in [1.165, 1.54) is 72.5 Å². The molecule has 0 aromatic rings. The molecule has 232 valence electrons. The molecule has 0 atom stereocenters. The molecule has 0 aromatic heterocycles. The third-order valence-electron chi connectivity index (χ3n) is 12.0. The van der Waals surface area contributed by atoms with Crippen LogP contribution in [0.1, 0.15) is 193 Å². The molecule has 3 heteroatoms. The van der Waals surface area contributed by atoms with Crippen molar-refractivity contribution < 1.29 is 20.4 Å². The molecule has 0 amide bonds. The summed E-state index contributed by atoms with van der Waals surface area (Å²) >= 11 is 0. The van der Waals surface area contributed by atoms with Gasteiger partial charge in [0.2, 0.25) is 0 Å². The molecule has 6 fully saturated rings. The van der Waals surface area contributed by atoms with E-state index in [0.29, 0.717) is 15.8 Å². The van der Waals surface area contributed by atoms with E-state index < -0.39 is 0 Å². The van der Waals surface area contributed by atoms with E-state index in [1.54, 1.807) is 154 Å². The molecule has 0 heterocycles. The van der Waals surface area contributed by atoms with Crippen LogP contribution in [-0.4, -0.2) is 34.0 Å². The van der Waals surface area contributed by atoms with Gasteiger partial charge in [-0.15, -0.1) is 0 Å². The minimum absolute atomic E-state index is 0. The van der Waals surface area contributed by atoms with Gasteiger partial charge >= 0.3 is 20.4 Å². The molecule has 0 N–H and O–H groups in total. The summed E-state index contributed by atoms with van der Waals surface area (Å²) in [5.41, 5.74) is 7.14. The van der Waals surface area contributed by atoms with Crippen LogP contribution >= 0.6 is 15.8 Å². The van der Waals surface area contributed by atoms with Crippen LogP contribution in [0, 0.1) is 0 Å². The van der Waals surface area contributed by atoms with Gasteiger partial charge in [-0.05, 0) is 111 Å². The molecule has 39 heavy (non-hydrogen) atoms. The van der Waals surface area contributed by atoms with Crippen molar-refractivity contribution in [3.63, 3.8) is 0 Å². The van der Waals surface area contributed by atoms with Crippen LogP contribution in [0.2, 0.25) is 0 Å². The van der Waals surface area contributed by atoms with Crippen molar-refractivity contribution in [3.05, 3.63) is 0 Å². The Labute approximate surface area is 261 Å². The normalized spacial score (nSPS) is 28.2. The van der Waals surface area contributed by atoms with Gasteiger partial charge in [-0.3, -0.25) is 0 Å². The maximum atomic E-state index is 1.61. The standard InChI is InChI=1S/2C18H33P.Pd.2H/c2*1-4-10-16(11-5-1)19(17-12-6-2-7-13-17)18-14-8-3-9-15-18;;;/h2*16-18H,1-15H2;;;. The zero-order chi connectivity index (χ0) is 25.8. The van der Waals surface area contributed by atoms with Gasteiger partial charge in [0, 0.05) is 0 Å². The predicted molar refractivity (Wildman–Crippen MR) is 178 cm³/mol. The summed E-state index contributed by atoms with van der Waals surface area (Å²) in [7, 11) is 0.770. The van der Waals surface area contributed by atoms with Crippen LogP contribution in [-0.2, 0) is 20.4 Å². The van der Waals surface area contributed by atoms with Gasteiger partial charge < -0.3 is 0 Å². The first kappa shape index (κ1) is 33.4. The van der Waals surface area contributed by atoms with Gasteiger partial charge in [-0.25, -0.2) is 0 Å². The molecule has 6 rings (SSSR count). The van der Waals surface area contributed by atoms with Crippen molar-refractivity contribution in [3.8, 4) is 0 Å². The molecule has 0 aliphatic heterocycles. The Morgan fingerprint density at radius 2 is 0.333 bits per heavy atom. The van der Waals surface area contributed by atoms with Crippen LogP contribution < -0.4 is 0 Å². The van der Waals surface area contributed by atoms with E-state index in [9.17, 15) is 0 Å². The number of hydrogen-bond acceptors (Lipinski definition) is 0. The summed E-state index contributed by atoms with van der Waals surface area (Å²) in [6.45, 7) is 0. The van der Waals surface area contributed by atoms with Gasteiger partial charge in [0.25, 0.3) is 0 Å². The third kappa shape index (κ3) is 10.3. The number of rotatable bonds is 6. The van der Waals surface area contributed by atoms with Gasteiger partial charge in [-0.1, -0.05) is 131 Å². The van der Waals surface area contributed by atoms with Crippen molar-refractivity contribution in [1.82, 2.24) is 0 Å². The first-order valence-corrected chi connectivity index (χ1v) is 21.5. The summed E-state index contributed by atoms with van der Waals surface area (Å²) in [5, 5.41) is 0. The zero-order valence-corrected chi connectivity index (χ0v) is 29.5. The predicted octanol–water partition coefficient (Wildman–Crippen LogP) is 12.4. The average Bonchev–Trinajstić information content (AvgIpc) is 3.01. The second-order valence-corrected chi connectivity index (χ2v) is 20.8. The molecule has 0 saturated heterocycles. The van der Waals surface area contributed by atoms with Gasteiger partial charge in [0.15, 0.2) is 0 Å². The summed E-state index contributed by atoms with van der Waals surface area (Å²) in [6, 6.07) is 0. The van der Waals surface area contributed by atoms with Crippen LogP contribution in [0.25, 0.3) is 0 Å². The first-order chi connectivity index (χ1) is 18.9. The average molecular weight is 669 g/mol. The van der Waals surface area contributed by atoms with E-state index in [-0.39, 0.29) is 20.4 Å². The Morgan fingerprint density at radius 3 is 0.462 bits per heavy atom. The molecule has 0 unspecified atom stereocenters. The van der Waals surface area contributed by atoms with Crippen LogP contribution in [0.15, 0.2) is 0 Å². The zero-order valence-electron chi connectivity index (χ0n) is 25.9. The Bertz CT molecular complexity index is 464. The van der Waals surface area contributed by atoms with Gasteiger partial charge in [-0.2, -0.15) is 0 Å². The maximum absolute atomic E-state index is 1.61. The molecule has 6 saturated carbocycles. The Morgan fingerprint density at radius 1 is 0.205 bits per heavy atom. The Hall–Kier alpha value is 1.52. The van der Waals surface area contributed by atoms with E-state index in [4.69, 9.17) is 0 Å². The van der Waals surface area contributed by atoms with Crippen molar-refractivity contribution in [1.29, 1.82) is 0 Å². The molecule has 0 nitrogen and oxygen atoms in total. The van der Waals surface area contributed by atoms with E-state index in [2.05, 4.69) is 0 Å². The molecule has 0 spiro atoms. The first-order valence-electron chi connectivity index (χ1n) is 18.4. The van der Waals surface area contributed by atoms with E-state index in [0.717, 1.165) is 0 Å². The van der Waals surface area contributed by atoms with Crippen LogP contribution in [0.5, 0.6) is 0 Å². The molecule has 0 aromatic carbocycles. The second kappa shape index (κ2) is 19.0. The molecule has 6 aliphatic carbocycles. The molecule has 6 aliphatic rings. The van der Waals surface area contributed by atoms with Crippen molar-refractivity contribution in [2.75, 3.05) is 0 Å². The SMILES string of the molecule is C1CCC(P(C2CCCCC2)C2CCCCC2)CC1.C1CCC(P(C2CCCCC2)C2CCCCC2)CC1.[PdH2]. The molecular weight excluding hydrogens is 601 g/mol. The topological polar surface area (TPSA) is 0 Å². The third-order valence-corrected chi connectivity index (χ3v) is 20.1. The fourth-order valence-corrected chi connectivity index (χ4v) is 19.4. The van der Waals surface area contributed by atoms with Crippen molar-refractivity contribution in [2.45, 2.75) is 227 Å². The van der Waals surface area contributed by atoms with Crippen molar-refractivity contribution in [2.24, 2.45) is 0 Å². The van der Waals surface area contributed by atoms with Crippen LogP contribution in [0.3, 0.4) is 0 Å². The summed E-state index contributed by atoms with van der Waals surface area (Å²) in [5.74, 6) is 0. The Kier molecular flexibility index (Phi) is 16.3. The summed E-state index contributed by atoms with van der Waals surface area (Å²) < 4.78 is 0. The molecule has 0 bridgehead atoms. The van der Waals surface area contributed by atoms with Crippen LogP contribution in [0.4, 0.5) is 0 Å². The molecule has 0 radical (unpaired) electrons. The minimum atomic E-state index is 0. The summed E-state index contributed by atoms with van der Waals surface area (Å²) in [4.78, 5) is 0. The fourth-order valence-electron chi connectivity index (χ4n) is 10.1.